The van der Waals surface area contributed by atoms with Gasteiger partial charge in [0.15, 0.2) is 0 Å². The van der Waals surface area contributed by atoms with Gasteiger partial charge in [-0.2, -0.15) is 0 Å². The van der Waals surface area contributed by atoms with Gasteiger partial charge in [0.2, 0.25) is 5.91 Å². The Bertz CT molecular complexity index is 517. The third-order valence-corrected chi connectivity index (χ3v) is 7.58. The molecular weight excluding hydrogens is 364 g/mol. The zero-order valence-electron chi connectivity index (χ0n) is 13.6. The number of carbonyl (C=O) groups excluding carboxylic acids is 2. The lowest BCUT2D eigenvalue weighted by atomic mass is 10.00. The van der Waals surface area contributed by atoms with Crippen LogP contribution in [-0.2, 0) is 18.7 Å². The molecule has 0 aromatic heterocycles. The number of rotatable bonds is 11. The molecule has 12 heteroatoms. The van der Waals surface area contributed by atoms with Crippen LogP contribution < -0.4 is 5.32 Å². The van der Waals surface area contributed by atoms with Gasteiger partial charge in [-0.25, -0.2) is 0 Å². The summed E-state index contributed by atoms with van der Waals surface area (Å²) in [4.78, 5) is 58.9. The fourth-order valence-electron chi connectivity index (χ4n) is 1.81. The van der Waals surface area contributed by atoms with E-state index in [1.807, 2.05) is 6.92 Å². The van der Waals surface area contributed by atoms with Gasteiger partial charge in [0.25, 0.3) is 5.08 Å². The lowest BCUT2D eigenvalue weighted by molar-refractivity contribution is -0.127. The van der Waals surface area contributed by atoms with Gasteiger partial charge in [0, 0.05) is 31.7 Å². The molecule has 0 radical (unpaired) electrons. The summed E-state index contributed by atoms with van der Waals surface area (Å²) in [7, 11) is -11.0. The van der Waals surface area contributed by atoms with E-state index in [-0.39, 0.29) is 37.5 Å². The highest BCUT2D eigenvalue weighted by atomic mass is 31.2. The van der Waals surface area contributed by atoms with Gasteiger partial charge in [-0.05, 0) is 12.8 Å². The van der Waals surface area contributed by atoms with Crippen LogP contribution in [0.15, 0.2) is 0 Å². The van der Waals surface area contributed by atoms with Crippen molar-refractivity contribution in [2.24, 2.45) is 5.92 Å². The molecule has 24 heavy (non-hydrogen) atoms. The van der Waals surface area contributed by atoms with E-state index in [0.717, 1.165) is 0 Å². The van der Waals surface area contributed by atoms with Crippen LogP contribution >= 0.6 is 15.2 Å². The van der Waals surface area contributed by atoms with Crippen LogP contribution in [0.1, 0.15) is 46.0 Å². The highest BCUT2D eigenvalue weighted by Crippen LogP contribution is 2.69. The van der Waals surface area contributed by atoms with Crippen LogP contribution in [0.4, 0.5) is 0 Å². The number of nitrogens with one attached hydrogen (secondary N) is 1. The monoisotopic (exact) mass is 389 g/mol. The number of carbonyl (C=O) groups is 2. The molecule has 6 N–H and O–H groups in total. The van der Waals surface area contributed by atoms with E-state index >= 15 is 0 Å². The molecule has 0 aromatic carbocycles. The Kier molecular flexibility index (Phi) is 8.97. The summed E-state index contributed by atoms with van der Waals surface area (Å²) < 4.78 is 22.3. The number of hydrogen-bond acceptors (Lipinski definition) is 5. The van der Waals surface area contributed by atoms with Crippen molar-refractivity contribution in [3.63, 3.8) is 0 Å². The number of Topliss-reactive ketones (excluding diaryl/α,β-unsaturated/α-hetero) is 1. The summed E-state index contributed by atoms with van der Waals surface area (Å²) in [6.45, 7) is 3.45. The lowest BCUT2D eigenvalue weighted by Gasteiger charge is -2.29. The quantitative estimate of drug-likeness (QED) is 0.213. The molecule has 0 aliphatic rings. The summed E-state index contributed by atoms with van der Waals surface area (Å²) in [5.41, 5.74) is 0. The first-order chi connectivity index (χ1) is 10.8. The fourth-order valence-corrected chi connectivity index (χ4v) is 4.07. The second-order valence-electron chi connectivity index (χ2n) is 5.59. The maximum atomic E-state index is 11.6. The summed E-state index contributed by atoms with van der Waals surface area (Å²) in [6, 6.07) is 0. The zero-order chi connectivity index (χ0) is 19.2. The number of aliphatic hydroxyl groups is 1. The molecule has 0 rings (SSSR count). The zero-order valence-corrected chi connectivity index (χ0v) is 15.4. The molecule has 142 valence electrons. The highest BCUT2D eigenvalue weighted by molar-refractivity contribution is 7.72. The highest BCUT2D eigenvalue weighted by Gasteiger charge is 2.58. The summed E-state index contributed by atoms with van der Waals surface area (Å²) >= 11 is 0. The topological polar surface area (TPSA) is 181 Å². The molecule has 0 fully saturated rings. The van der Waals surface area contributed by atoms with Gasteiger partial charge in [0.05, 0.1) is 0 Å². The average molecular weight is 389 g/mol. The van der Waals surface area contributed by atoms with Crippen molar-refractivity contribution in [3.05, 3.63) is 0 Å². The maximum Gasteiger partial charge on any atom is 0.369 e. The number of ketones is 1. The van der Waals surface area contributed by atoms with Gasteiger partial charge < -0.3 is 30.0 Å². The Labute approximate surface area is 140 Å². The van der Waals surface area contributed by atoms with E-state index < -0.39 is 32.6 Å². The van der Waals surface area contributed by atoms with Crippen LogP contribution in [0, 0.1) is 5.92 Å². The normalized spacial score (nSPS) is 14.3. The Balaban J connectivity index is 4.38. The maximum absolute atomic E-state index is 11.6. The van der Waals surface area contributed by atoms with Gasteiger partial charge in [-0.1, -0.05) is 13.8 Å². The van der Waals surface area contributed by atoms with Crippen LogP contribution in [-0.4, -0.2) is 48.0 Å². The molecule has 0 spiro atoms. The molecule has 0 bridgehead atoms. The second kappa shape index (κ2) is 9.20. The number of amides is 1. The number of hydrogen-bond donors (Lipinski definition) is 6. The summed E-state index contributed by atoms with van der Waals surface area (Å²) in [5.74, 6) is -0.660. The van der Waals surface area contributed by atoms with E-state index in [4.69, 9.17) is 19.6 Å². The SMILES string of the molecule is CCC(C)C(=O)CCC(=O)NCCCC(O)(P(=O)(O)O)P(=O)(O)O. The summed E-state index contributed by atoms with van der Waals surface area (Å²) in [6.07, 6.45) is -0.477. The van der Waals surface area contributed by atoms with Gasteiger partial charge in [0.1, 0.15) is 5.78 Å². The molecule has 0 saturated heterocycles. The standard InChI is InChI=1S/C12H25NO9P2/c1-3-9(2)10(14)5-6-11(15)13-8-4-7-12(16,23(17,18)19)24(20,21)22/h9,16H,3-8H2,1-2H3,(H,13,15)(H2,17,18,19)(H2,20,21,22). The van der Waals surface area contributed by atoms with Gasteiger partial charge >= 0.3 is 15.2 Å². The van der Waals surface area contributed by atoms with Crippen molar-refractivity contribution in [2.45, 2.75) is 51.0 Å². The first-order valence-corrected chi connectivity index (χ1v) is 10.6. The third-order valence-electron chi connectivity index (χ3n) is 3.70. The Morgan fingerprint density at radius 2 is 1.58 bits per heavy atom. The molecule has 1 atom stereocenters. The van der Waals surface area contributed by atoms with E-state index in [2.05, 4.69) is 5.32 Å². The molecule has 10 nitrogen and oxygen atoms in total. The third kappa shape index (κ3) is 6.72. The second-order valence-corrected chi connectivity index (χ2v) is 9.60. The van der Waals surface area contributed by atoms with Crippen molar-refractivity contribution in [1.29, 1.82) is 0 Å². The molecule has 0 aliphatic carbocycles. The van der Waals surface area contributed by atoms with Crippen molar-refractivity contribution in [1.82, 2.24) is 5.32 Å². The first-order valence-electron chi connectivity index (χ1n) is 7.39. The minimum absolute atomic E-state index is 0.0509. The summed E-state index contributed by atoms with van der Waals surface area (Å²) in [5, 5.41) is 8.52. The van der Waals surface area contributed by atoms with E-state index in [0.29, 0.717) is 6.42 Å². The molecule has 0 aliphatic heterocycles. The van der Waals surface area contributed by atoms with Crippen LogP contribution in [0.25, 0.3) is 0 Å². The molecule has 1 amide bonds. The predicted octanol–water partition coefficient (Wildman–Crippen LogP) is 0.280. The minimum atomic E-state index is -5.48. The molecule has 0 heterocycles. The van der Waals surface area contributed by atoms with Crippen LogP contribution in [0.3, 0.4) is 0 Å². The van der Waals surface area contributed by atoms with Crippen molar-refractivity contribution < 1.29 is 43.4 Å². The van der Waals surface area contributed by atoms with Crippen molar-refractivity contribution >= 4 is 26.9 Å². The lowest BCUT2D eigenvalue weighted by Crippen LogP contribution is -2.31. The largest absolute Gasteiger partial charge is 0.369 e. The fraction of sp³-hybridized carbons (Fsp3) is 0.833. The van der Waals surface area contributed by atoms with Crippen LogP contribution in [0.2, 0.25) is 0 Å². The average Bonchev–Trinajstić information content (AvgIpc) is 2.45. The molecule has 0 aromatic rings. The first kappa shape index (κ1) is 23.4. The van der Waals surface area contributed by atoms with E-state index in [1.165, 1.54) is 0 Å². The van der Waals surface area contributed by atoms with Gasteiger partial charge in [-0.15, -0.1) is 0 Å². The van der Waals surface area contributed by atoms with Crippen molar-refractivity contribution in [2.75, 3.05) is 6.54 Å². The van der Waals surface area contributed by atoms with Gasteiger partial charge in [-0.3, -0.25) is 18.7 Å². The Hall–Kier alpha value is -0.600. The molecule has 1 unspecified atom stereocenters. The minimum Gasteiger partial charge on any atom is -0.368 e. The van der Waals surface area contributed by atoms with Crippen molar-refractivity contribution in [3.8, 4) is 0 Å². The van der Waals surface area contributed by atoms with E-state index in [9.17, 15) is 23.8 Å². The smallest absolute Gasteiger partial charge is 0.368 e. The Morgan fingerprint density at radius 1 is 1.08 bits per heavy atom. The predicted molar refractivity (Wildman–Crippen MR) is 85.0 cm³/mol. The molecular formula is C12H25NO9P2. The molecule has 0 saturated carbocycles. The Morgan fingerprint density at radius 3 is 2.00 bits per heavy atom. The van der Waals surface area contributed by atoms with Crippen LogP contribution in [0.5, 0.6) is 0 Å². The van der Waals surface area contributed by atoms with E-state index in [1.54, 1.807) is 6.92 Å².